The molecule has 0 aliphatic carbocycles. The summed E-state index contributed by atoms with van der Waals surface area (Å²) in [4.78, 5) is 16.7. The Kier molecular flexibility index (Phi) is 3.74. The average molecular weight is 295 g/mol. The van der Waals surface area contributed by atoms with Gasteiger partial charge in [0, 0.05) is 24.3 Å². The van der Waals surface area contributed by atoms with Gasteiger partial charge in [-0.2, -0.15) is 5.10 Å². The van der Waals surface area contributed by atoms with E-state index in [0.29, 0.717) is 5.69 Å². The van der Waals surface area contributed by atoms with Crippen molar-refractivity contribution in [3.63, 3.8) is 0 Å². The number of fused-ring (bicyclic) bond motifs is 1. The van der Waals surface area contributed by atoms with Crippen molar-refractivity contribution in [2.75, 3.05) is 10.6 Å². The maximum atomic E-state index is 12.2. The summed E-state index contributed by atoms with van der Waals surface area (Å²) in [6.07, 6.45) is 4.15. The van der Waals surface area contributed by atoms with Crippen molar-refractivity contribution >= 4 is 28.3 Å². The van der Waals surface area contributed by atoms with Crippen LogP contribution in [0.1, 0.15) is 12.6 Å². The van der Waals surface area contributed by atoms with E-state index in [1.54, 1.807) is 24.1 Å². The van der Waals surface area contributed by atoms with Crippen LogP contribution in [0.2, 0.25) is 0 Å². The SMILES string of the molecule is CCc1cc(NC(=O)Nc2cnn(C)c2)c2ccccc2n1. The van der Waals surface area contributed by atoms with Gasteiger partial charge in [0.25, 0.3) is 0 Å². The third kappa shape index (κ3) is 2.90. The molecule has 1 aromatic carbocycles. The summed E-state index contributed by atoms with van der Waals surface area (Å²) in [5, 5.41) is 10.6. The normalized spacial score (nSPS) is 10.6. The van der Waals surface area contributed by atoms with Crippen molar-refractivity contribution in [3.05, 3.63) is 48.4 Å². The molecule has 6 nitrogen and oxygen atoms in total. The molecule has 2 aromatic heterocycles. The highest BCUT2D eigenvalue weighted by atomic mass is 16.2. The summed E-state index contributed by atoms with van der Waals surface area (Å²) < 4.78 is 1.63. The Morgan fingerprint density at radius 1 is 1.27 bits per heavy atom. The molecule has 0 bridgehead atoms. The van der Waals surface area contributed by atoms with Crippen molar-refractivity contribution in [3.8, 4) is 0 Å². The van der Waals surface area contributed by atoms with Crippen LogP contribution in [0.15, 0.2) is 42.7 Å². The number of amides is 2. The van der Waals surface area contributed by atoms with Gasteiger partial charge in [0.15, 0.2) is 0 Å². The Hall–Kier alpha value is -2.89. The van der Waals surface area contributed by atoms with E-state index in [-0.39, 0.29) is 6.03 Å². The Morgan fingerprint density at radius 3 is 2.82 bits per heavy atom. The topological polar surface area (TPSA) is 71.8 Å². The Balaban J connectivity index is 1.87. The van der Waals surface area contributed by atoms with Crippen LogP contribution < -0.4 is 10.6 Å². The number of hydrogen-bond acceptors (Lipinski definition) is 3. The molecule has 0 spiro atoms. The van der Waals surface area contributed by atoms with Crippen molar-refractivity contribution in [1.29, 1.82) is 0 Å². The van der Waals surface area contributed by atoms with Gasteiger partial charge in [0.1, 0.15) is 0 Å². The van der Waals surface area contributed by atoms with Gasteiger partial charge in [-0.3, -0.25) is 9.67 Å². The van der Waals surface area contributed by atoms with Gasteiger partial charge in [0.2, 0.25) is 0 Å². The smallest absolute Gasteiger partial charge is 0.307 e. The maximum absolute atomic E-state index is 12.2. The molecule has 0 unspecified atom stereocenters. The minimum Gasteiger partial charge on any atom is -0.307 e. The number of pyridine rings is 1. The number of para-hydroxylation sites is 1. The number of benzene rings is 1. The molecule has 112 valence electrons. The standard InChI is InChI=1S/C16H17N5O/c1-3-11-8-15(13-6-4-5-7-14(13)18-11)20-16(22)19-12-9-17-21(2)10-12/h4-10H,3H2,1-2H3,(H2,18,19,20,22). The molecule has 0 fully saturated rings. The van der Waals surface area contributed by atoms with E-state index in [2.05, 4.69) is 20.7 Å². The number of rotatable bonds is 3. The highest BCUT2D eigenvalue weighted by molar-refractivity contribution is 6.05. The zero-order valence-electron chi connectivity index (χ0n) is 12.5. The summed E-state index contributed by atoms with van der Waals surface area (Å²) in [7, 11) is 1.80. The van der Waals surface area contributed by atoms with E-state index < -0.39 is 0 Å². The van der Waals surface area contributed by atoms with Gasteiger partial charge in [-0.15, -0.1) is 0 Å². The molecule has 3 rings (SSSR count). The van der Waals surface area contributed by atoms with Gasteiger partial charge < -0.3 is 10.6 Å². The van der Waals surface area contributed by atoms with E-state index in [1.165, 1.54) is 0 Å². The molecule has 0 atom stereocenters. The maximum Gasteiger partial charge on any atom is 0.323 e. The van der Waals surface area contributed by atoms with E-state index in [1.807, 2.05) is 37.3 Å². The second-order valence-corrected chi connectivity index (χ2v) is 5.01. The highest BCUT2D eigenvalue weighted by Gasteiger charge is 2.09. The second kappa shape index (κ2) is 5.85. The average Bonchev–Trinajstić information content (AvgIpc) is 2.92. The molecule has 0 saturated heterocycles. The van der Waals surface area contributed by atoms with Crippen LogP contribution in [0, 0.1) is 0 Å². The predicted molar refractivity (Wildman–Crippen MR) is 87.0 cm³/mol. The fourth-order valence-corrected chi connectivity index (χ4v) is 2.29. The summed E-state index contributed by atoms with van der Waals surface area (Å²) >= 11 is 0. The molecular weight excluding hydrogens is 278 g/mol. The minimum atomic E-state index is -0.300. The molecule has 6 heteroatoms. The number of anilines is 2. The molecule has 2 amide bonds. The summed E-state index contributed by atoms with van der Waals surface area (Å²) in [5.74, 6) is 0. The molecule has 22 heavy (non-hydrogen) atoms. The monoisotopic (exact) mass is 295 g/mol. The first kappa shape index (κ1) is 14.1. The number of carbonyl (C=O) groups excluding carboxylic acids is 1. The van der Waals surface area contributed by atoms with Gasteiger partial charge in [-0.1, -0.05) is 25.1 Å². The van der Waals surface area contributed by atoms with Crippen LogP contribution in [0.5, 0.6) is 0 Å². The van der Waals surface area contributed by atoms with E-state index in [0.717, 1.165) is 28.7 Å². The highest BCUT2D eigenvalue weighted by Crippen LogP contribution is 2.23. The number of aryl methyl sites for hydroxylation is 2. The first-order valence-electron chi connectivity index (χ1n) is 7.11. The van der Waals surface area contributed by atoms with E-state index >= 15 is 0 Å². The van der Waals surface area contributed by atoms with Gasteiger partial charge in [-0.05, 0) is 18.6 Å². The third-order valence-corrected chi connectivity index (χ3v) is 3.34. The van der Waals surface area contributed by atoms with Crippen LogP contribution in [0.3, 0.4) is 0 Å². The van der Waals surface area contributed by atoms with Gasteiger partial charge in [-0.25, -0.2) is 4.79 Å². The fourth-order valence-electron chi connectivity index (χ4n) is 2.29. The summed E-state index contributed by atoms with van der Waals surface area (Å²) in [6, 6.07) is 9.37. The number of nitrogens with one attached hydrogen (secondary N) is 2. The summed E-state index contributed by atoms with van der Waals surface area (Å²) in [6.45, 7) is 2.04. The lowest BCUT2D eigenvalue weighted by molar-refractivity contribution is 0.262. The van der Waals surface area contributed by atoms with Crippen molar-refractivity contribution < 1.29 is 4.79 Å². The Labute approximate surface area is 128 Å². The van der Waals surface area contributed by atoms with Crippen LogP contribution in [0.25, 0.3) is 10.9 Å². The van der Waals surface area contributed by atoms with E-state index in [9.17, 15) is 4.79 Å². The Morgan fingerprint density at radius 2 is 2.09 bits per heavy atom. The molecular formula is C16H17N5O. The lowest BCUT2D eigenvalue weighted by Crippen LogP contribution is -2.19. The number of carbonyl (C=O) groups is 1. The van der Waals surface area contributed by atoms with Gasteiger partial charge in [0.05, 0.1) is 23.1 Å². The molecule has 0 saturated carbocycles. The predicted octanol–water partition coefficient (Wildman–Crippen LogP) is 3.17. The Bertz CT molecular complexity index is 824. The third-order valence-electron chi connectivity index (χ3n) is 3.34. The molecule has 0 radical (unpaired) electrons. The number of nitrogens with zero attached hydrogens (tertiary/aromatic N) is 3. The largest absolute Gasteiger partial charge is 0.323 e. The molecule has 2 N–H and O–H groups in total. The van der Waals surface area contributed by atoms with Crippen molar-refractivity contribution in [2.24, 2.45) is 7.05 Å². The molecule has 2 heterocycles. The van der Waals surface area contributed by atoms with Crippen LogP contribution >= 0.6 is 0 Å². The van der Waals surface area contributed by atoms with Crippen LogP contribution in [0.4, 0.5) is 16.2 Å². The minimum absolute atomic E-state index is 0.300. The van der Waals surface area contributed by atoms with Crippen molar-refractivity contribution in [2.45, 2.75) is 13.3 Å². The van der Waals surface area contributed by atoms with E-state index in [4.69, 9.17) is 0 Å². The first-order valence-corrected chi connectivity index (χ1v) is 7.11. The fraction of sp³-hybridized carbons (Fsp3) is 0.188. The first-order chi connectivity index (χ1) is 10.7. The number of hydrogen-bond donors (Lipinski definition) is 2. The lowest BCUT2D eigenvalue weighted by Gasteiger charge is -2.10. The van der Waals surface area contributed by atoms with Crippen molar-refractivity contribution in [1.82, 2.24) is 14.8 Å². The van der Waals surface area contributed by atoms with Crippen LogP contribution in [-0.2, 0) is 13.5 Å². The number of urea groups is 1. The molecule has 0 aliphatic rings. The quantitative estimate of drug-likeness (QED) is 0.779. The summed E-state index contributed by atoms with van der Waals surface area (Å²) in [5.41, 5.74) is 3.21. The lowest BCUT2D eigenvalue weighted by atomic mass is 10.1. The zero-order chi connectivity index (χ0) is 15.5. The molecule has 3 aromatic rings. The number of aromatic nitrogens is 3. The second-order valence-electron chi connectivity index (χ2n) is 5.01. The molecule has 0 aliphatic heterocycles. The van der Waals surface area contributed by atoms with Crippen LogP contribution in [-0.4, -0.2) is 20.8 Å². The zero-order valence-corrected chi connectivity index (χ0v) is 12.5. The van der Waals surface area contributed by atoms with Gasteiger partial charge >= 0.3 is 6.03 Å².